The Morgan fingerprint density at radius 1 is 1.12 bits per heavy atom. The minimum atomic E-state index is -0.526. The zero-order valence-electron chi connectivity index (χ0n) is 14.1. The number of aromatic nitrogens is 1. The molecule has 1 aromatic heterocycles. The number of nitrogens with zero attached hydrogens (tertiary/aromatic N) is 2. The molecule has 0 spiro atoms. The molecule has 26 heavy (non-hydrogen) atoms. The third-order valence-electron chi connectivity index (χ3n) is 3.80. The van der Waals surface area contributed by atoms with Crippen LogP contribution in [0.2, 0.25) is 5.15 Å². The second-order valence-electron chi connectivity index (χ2n) is 5.35. The highest BCUT2D eigenvalue weighted by Gasteiger charge is 2.22. The number of methoxy groups -OCH3 is 2. The van der Waals surface area contributed by atoms with Gasteiger partial charge in [0, 0.05) is 0 Å². The Labute approximate surface area is 154 Å². The summed E-state index contributed by atoms with van der Waals surface area (Å²) in [6.45, 7) is 0.246. The highest BCUT2D eigenvalue weighted by Crippen LogP contribution is 2.41. The fraction of sp³-hybridized carbons (Fsp3) is 0.167. The lowest BCUT2D eigenvalue weighted by Crippen LogP contribution is -2.01. The highest BCUT2D eigenvalue weighted by atomic mass is 35.5. The predicted octanol–water partition coefficient (Wildman–Crippen LogP) is 4.39. The Bertz CT molecular complexity index is 960. The fourth-order valence-electron chi connectivity index (χ4n) is 2.52. The molecule has 0 aliphatic heterocycles. The zero-order valence-corrected chi connectivity index (χ0v) is 14.8. The van der Waals surface area contributed by atoms with Crippen LogP contribution in [0.3, 0.4) is 0 Å². The molecular weight excluding hydrogens is 360 g/mol. The van der Waals surface area contributed by atoms with Crippen LogP contribution in [0.1, 0.15) is 5.56 Å². The maximum atomic E-state index is 11.4. The molecule has 0 radical (unpaired) electrons. The Morgan fingerprint density at radius 3 is 2.46 bits per heavy atom. The summed E-state index contributed by atoms with van der Waals surface area (Å²) in [5.41, 5.74) is 0.852. The average Bonchev–Trinajstić information content (AvgIpc) is 2.65. The number of rotatable bonds is 6. The quantitative estimate of drug-likeness (QED) is 0.361. The van der Waals surface area contributed by atoms with E-state index in [-0.39, 0.29) is 28.7 Å². The number of non-ortho nitro benzene ring substituents is 1. The van der Waals surface area contributed by atoms with E-state index in [1.54, 1.807) is 19.2 Å². The van der Waals surface area contributed by atoms with Crippen LogP contribution in [0.5, 0.6) is 17.2 Å². The van der Waals surface area contributed by atoms with Crippen LogP contribution in [0.4, 0.5) is 5.69 Å². The molecular formula is C18H15ClN2O5. The normalized spacial score (nSPS) is 10.6. The first-order valence-electron chi connectivity index (χ1n) is 7.61. The summed E-state index contributed by atoms with van der Waals surface area (Å²) in [4.78, 5) is 14.9. The number of hydrogen-bond donors (Lipinski definition) is 0. The summed E-state index contributed by atoms with van der Waals surface area (Å²) in [7, 11) is 3.02. The van der Waals surface area contributed by atoms with Gasteiger partial charge in [-0.05, 0) is 29.8 Å². The molecule has 0 fully saturated rings. The molecule has 0 unspecified atom stereocenters. The summed E-state index contributed by atoms with van der Waals surface area (Å²) in [6.07, 6.45) is 0. The van der Waals surface area contributed by atoms with E-state index in [4.69, 9.17) is 25.8 Å². The number of pyridine rings is 1. The summed E-state index contributed by atoms with van der Waals surface area (Å²) in [6, 6.07) is 11.9. The molecule has 0 aliphatic rings. The van der Waals surface area contributed by atoms with Gasteiger partial charge in [-0.15, -0.1) is 0 Å². The maximum absolute atomic E-state index is 11.4. The van der Waals surface area contributed by atoms with Gasteiger partial charge >= 0.3 is 0 Å². The lowest BCUT2D eigenvalue weighted by Gasteiger charge is -2.14. The van der Waals surface area contributed by atoms with Crippen molar-refractivity contribution in [3.8, 4) is 17.2 Å². The number of nitro groups is 1. The topological polar surface area (TPSA) is 83.7 Å². The Morgan fingerprint density at radius 2 is 1.85 bits per heavy atom. The van der Waals surface area contributed by atoms with Gasteiger partial charge in [-0.3, -0.25) is 10.1 Å². The van der Waals surface area contributed by atoms with Gasteiger partial charge in [0.1, 0.15) is 17.5 Å². The van der Waals surface area contributed by atoms with Crippen LogP contribution in [-0.4, -0.2) is 24.1 Å². The molecule has 134 valence electrons. The lowest BCUT2D eigenvalue weighted by atomic mass is 10.1. The Kier molecular flexibility index (Phi) is 5.09. The smallest absolute Gasteiger partial charge is 0.299 e. The fourth-order valence-corrected chi connectivity index (χ4v) is 2.67. The van der Waals surface area contributed by atoms with Gasteiger partial charge < -0.3 is 14.2 Å². The monoisotopic (exact) mass is 374 g/mol. The van der Waals surface area contributed by atoms with Crippen molar-refractivity contribution in [2.75, 3.05) is 14.2 Å². The molecule has 8 heteroatoms. The van der Waals surface area contributed by atoms with E-state index in [2.05, 4.69) is 4.98 Å². The van der Waals surface area contributed by atoms with E-state index in [0.717, 1.165) is 11.3 Å². The number of hydrogen-bond acceptors (Lipinski definition) is 6. The molecule has 0 aliphatic carbocycles. The van der Waals surface area contributed by atoms with E-state index >= 15 is 0 Å². The standard InChI is InChI=1S/C18H15ClN2O5/c1-24-12-5-3-11(4-6-12)10-26-18-13-7-8-16(19)20-17(13)14(21(22)23)9-15(18)25-2/h3-9H,10H2,1-2H3. The molecule has 1 heterocycles. The molecule has 2 aromatic carbocycles. The second kappa shape index (κ2) is 7.45. The van der Waals surface area contributed by atoms with E-state index in [0.29, 0.717) is 11.1 Å². The number of halogens is 1. The highest BCUT2D eigenvalue weighted by molar-refractivity contribution is 6.30. The van der Waals surface area contributed by atoms with Crippen molar-refractivity contribution in [1.82, 2.24) is 4.98 Å². The van der Waals surface area contributed by atoms with Gasteiger partial charge in [0.05, 0.1) is 30.6 Å². The molecule has 0 saturated heterocycles. The minimum absolute atomic E-state index is 0.146. The molecule has 0 atom stereocenters. The van der Waals surface area contributed by atoms with Crippen LogP contribution in [0.15, 0.2) is 42.5 Å². The van der Waals surface area contributed by atoms with Crippen molar-refractivity contribution in [3.63, 3.8) is 0 Å². The zero-order chi connectivity index (χ0) is 18.7. The first kappa shape index (κ1) is 17.8. The second-order valence-corrected chi connectivity index (χ2v) is 5.74. The summed E-state index contributed by atoms with van der Waals surface area (Å²) < 4.78 is 16.3. The van der Waals surface area contributed by atoms with E-state index in [9.17, 15) is 10.1 Å². The van der Waals surface area contributed by atoms with Crippen LogP contribution >= 0.6 is 11.6 Å². The summed E-state index contributed by atoms with van der Waals surface area (Å²) in [5.74, 6) is 1.36. The number of nitro benzene ring substituents is 1. The molecule has 0 amide bonds. The number of benzene rings is 2. The molecule has 3 aromatic rings. The van der Waals surface area contributed by atoms with Crippen molar-refractivity contribution in [2.24, 2.45) is 0 Å². The molecule has 3 rings (SSSR count). The van der Waals surface area contributed by atoms with Crippen molar-refractivity contribution >= 4 is 28.2 Å². The van der Waals surface area contributed by atoms with E-state index in [1.165, 1.54) is 13.2 Å². The third kappa shape index (κ3) is 3.48. The van der Waals surface area contributed by atoms with Crippen molar-refractivity contribution in [3.05, 3.63) is 63.3 Å². The number of ether oxygens (including phenoxy) is 3. The van der Waals surface area contributed by atoms with Gasteiger partial charge in [-0.2, -0.15) is 0 Å². The minimum Gasteiger partial charge on any atom is -0.497 e. The van der Waals surface area contributed by atoms with Crippen molar-refractivity contribution < 1.29 is 19.1 Å². The van der Waals surface area contributed by atoms with Gasteiger partial charge in [0.25, 0.3) is 5.69 Å². The van der Waals surface area contributed by atoms with Crippen LogP contribution in [0, 0.1) is 10.1 Å². The first-order chi connectivity index (χ1) is 12.5. The van der Waals surface area contributed by atoms with Crippen LogP contribution in [-0.2, 0) is 6.61 Å². The Balaban J connectivity index is 2.03. The molecule has 7 nitrogen and oxygen atoms in total. The summed E-state index contributed by atoms with van der Waals surface area (Å²) >= 11 is 5.91. The van der Waals surface area contributed by atoms with Crippen LogP contribution in [0.25, 0.3) is 10.9 Å². The molecule has 0 bridgehead atoms. The lowest BCUT2D eigenvalue weighted by molar-refractivity contribution is -0.383. The van der Waals surface area contributed by atoms with E-state index < -0.39 is 4.92 Å². The third-order valence-corrected chi connectivity index (χ3v) is 4.01. The predicted molar refractivity (Wildman–Crippen MR) is 97.3 cm³/mol. The average molecular weight is 375 g/mol. The van der Waals surface area contributed by atoms with Gasteiger partial charge in [0.2, 0.25) is 0 Å². The van der Waals surface area contributed by atoms with Crippen molar-refractivity contribution in [1.29, 1.82) is 0 Å². The number of fused-ring (bicyclic) bond motifs is 1. The maximum Gasteiger partial charge on any atom is 0.299 e. The first-order valence-corrected chi connectivity index (χ1v) is 7.98. The summed E-state index contributed by atoms with van der Waals surface area (Å²) in [5, 5.41) is 12.0. The van der Waals surface area contributed by atoms with Crippen LogP contribution < -0.4 is 14.2 Å². The molecule has 0 saturated carbocycles. The SMILES string of the molecule is COc1ccc(COc2c(OC)cc([N+](=O)[O-])c3nc(Cl)ccc23)cc1. The Hall–Kier alpha value is -3.06. The van der Waals surface area contributed by atoms with Gasteiger partial charge in [-0.1, -0.05) is 23.7 Å². The molecule has 0 N–H and O–H groups in total. The van der Waals surface area contributed by atoms with Crippen molar-refractivity contribution in [2.45, 2.75) is 6.61 Å². The largest absolute Gasteiger partial charge is 0.497 e. The van der Waals surface area contributed by atoms with E-state index in [1.807, 2.05) is 24.3 Å². The van der Waals surface area contributed by atoms with Gasteiger partial charge in [-0.25, -0.2) is 4.98 Å². The van der Waals surface area contributed by atoms with Gasteiger partial charge in [0.15, 0.2) is 17.0 Å².